The van der Waals surface area contributed by atoms with Crippen LogP contribution >= 0.6 is 0 Å². The smallest absolute Gasteiger partial charge is 0.145 e. The van der Waals surface area contributed by atoms with E-state index in [2.05, 4.69) is 98.6 Å². The SMILES string of the molecule is C=CCc1cc(C2(c3cc(CC=C)c(OCC4CO4)c(CC=C)c3)c3ccccc3-c3ccccc32)ccc1OC1COC1. The summed E-state index contributed by atoms with van der Waals surface area (Å²) in [5.41, 5.74) is 10.2. The number of fused-ring (bicyclic) bond motifs is 3. The van der Waals surface area contributed by atoms with Crippen molar-refractivity contribution in [2.45, 2.75) is 36.9 Å². The molecule has 7 rings (SSSR count). The van der Waals surface area contributed by atoms with Gasteiger partial charge in [-0.1, -0.05) is 91.0 Å². The van der Waals surface area contributed by atoms with Crippen molar-refractivity contribution >= 4 is 0 Å². The van der Waals surface area contributed by atoms with Gasteiger partial charge in [0, 0.05) is 0 Å². The fourth-order valence-corrected chi connectivity index (χ4v) is 6.84. The van der Waals surface area contributed by atoms with Gasteiger partial charge < -0.3 is 18.9 Å². The summed E-state index contributed by atoms with van der Waals surface area (Å²) in [6.45, 7) is 14.8. The lowest BCUT2D eigenvalue weighted by molar-refractivity contribution is -0.0799. The number of ether oxygens (including phenoxy) is 4. The zero-order chi connectivity index (χ0) is 30.1. The second kappa shape index (κ2) is 12.0. The number of allylic oxidation sites excluding steroid dienone is 3. The van der Waals surface area contributed by atoms with E-state index in [-0.39, 0.29) is 12.2 Å². The van der Waals surface area contributed by atoms with Crippen LogP contribution in [0.1, 0.15) is 38.9 Å². The Hall–Kier alpha value is -4.38. The molecule has 1 atom stereocenters. The first kappa shape index (κ1) is 28.4. The van der Waals surface area contributed by atoms with E-state index >= 15 is 0 Å². The van der Waals surface area contributed by atoms with Crippen LogP contribution in [0.25, 0.3) is 11.1 Å². The van der Waals surface area contributed by atoms with E-state index in [9.17, 15) is 0 Å². The van der Waals surface area contributed by atoms with Crippen molar-refractivity contribution in [3.63, 3.8) is 0 Å². The summed E-state index contributed by atoms with van der Waals surface area (Å²) in [4.78, 5) is 0. The van der Waals surface area contributed by atoms with Crippen LogP contribution in [-0.4, -0.2) is 38.6 Å². The normalized spacial score (nSPS) is 17.6. The summed E-state index contributed by atoms with van der Waals surface area (Å²) in [5, 5.41) is 0. The minimum Gasteiger partial charge on any atom is -0.490 e. The highest BCUT2D eigenvalue weighted by Crippen LogP contribution is 2.57. The van der Waals surface area contributed by atoms with Crippen LogP contribution in [0.3, 0.4) is 0 Å². The number of hydrogen-bond donors (Lipinski definition) is 0. The molecule has 3 aliphatic rings. The monoisotopic (exact) mass is 582 g/mol. The second-order valence-corrected chi connectivity index (χ2v) is 11.8. The Kier molecular flexibility index (Phi) is 7.71. The maximum Gasteiger partial charge on any atom is 0.145 e. The van der Waals surface area contributed by atoms with Gasteiger partial charge in [0.15, 0.2) is 0 Å². The zero-order valence-corrected chi connectivity index (χ0v) is 25.1. The zero-order valence-electron chi connectivity index (χ0n) is 25.1. The number of epoxide rings is 1. The number of rotatable bonds is 13. The van der Waals surface area contributed by atoms with Gasteiger partial charge in [-0.25, -0.2) is 0 Å². The highest BCUT2D eigenvalue weighted by atomic mass is 16.6. The minimum absolute atomic E-state index is 0.0859. The van der Waals surface area contributed by atoms with Crippen molar-refractivity contribution in [1.82, 2.24) is 0 Å². The molecular weight excluding hydrogens is 544 g/mol. The molecule has 2 heterocycles. The predicted octanol–water partition coefficient (Wildman–Crippen LogP) is 7.79. The first-order valence-corrected chi connectivity index (χ1v) is 15.5. The molecule has 1 unspecified atom stereocenters. The van der Waals surface area contributed by atoms with E-state index in [1.165, 1.54) is 33.4 Å². The van der Waals surface area contributed by atoms with E-state index in [1.807, 2.05) is 18.2 Å². The van der Waals surface area contributed by atoms with Crippen molar-refractivity contribution in [2.24, 2.45) is 0 Å². The molecular formula is C40H38O4. The van der Waals surface area contributed by atoms with Crippen molar-refractivity contribution < 1.29 is 18.9 Å². The summed E-state index contributed by atoms with van der Waals surface area (Å²) in [6, 6.07) is 29.0. The molecule has 0 spiro atoms. The highest BCUT2D eigenvalue weighted by molar-refractivity contribution is 5.86. The van der Waals surface area contributed by atoms with Crippen LogP contribution in [0.5, 0.6) is 11.5 Å². The van der Waals surface area contributed by atoms with Gasteiger partial charge in [-0.2, -0.15) is 0 Å². The Morgan fingerprint density at radius 1 is 0.705 bits per heavy atom. The van der Waals surface area contributed by atoms with Crippen LogP contribution in [0.4, 0.5) is 0 Å². The molecule has 44 heavy (non-hydrogen) atoms. The Morgan fingerprint density at radius 2 is 1.27 bits per heavy atom. The van der Waals surface area contributed by atoms with Gasteiger partial charge in [0.05, 0.1) is 25.2 Å². The van der Waals surface area contributed by atoms with Crippen molar-refractivity contribution in [3.8, 4) is 22.6 Å². The first-order valence-electron chi connectivity index (χ1n) is 15.5. The third-order valence-corrected chi connectivity index (χ3v) is 8.93. The molecule has 4 nitrogen and oxygen atoms in total. The maximum atomic E-state index is 6.45. The maximum absolute atomic E-state index is 6.45. The van der Waals surface area contributed by atoms with Crippen LogP contribution < -0.4 is 9.47 Å². The molecule has 2 fully saturated rings. The Bertz CT molecular complexity index is 1650. The quantitative estimate of drug-likeness (QED) is 0.105. The lowest BCUT2D eigenvalue weighted by Crippen LogP contribution is -2.38. The lowest BCUT2D eigenvalue weighted by Gasteiger charge is -2.36. The molecule has 0 N–H and O–H groups in total. The average Bonchev–Trinajstić information content (AvgIpc) is 3.80. The summed E-state index contributed by atoms with van der Waals surface area (Å²) in [7, 11) is 0. The molecule has 0 saturated carbocycles. The molecule has 2 saturated heterocycles. The predicted molar refractivity (Wildman–Crippen MR) is 176 cm³/mol. The fraction of sp³-hybridized carbons (Fsp3) is 0.250. The van der Waals surface area contributed by atoms with Crippen LogP contribution in [0, 0.1) is 0 Å². The minimum atomic E-state index is -0.564. The Balaban J connectivity index is 1.50. The van der Waals surface area contributed by atoms with E-state index < -0.39 is 5.41 Å². The fourth-order valence-electron chi connectivity index (χ4n) is 6.84. The van der Waals surface area contributed by atoms with E-state index in [4.69, 9.17) is 18.9 Å². The highest BCUT2D eigenvalue weighted by Gasteiger charge is 2.46. The molecule has 2 aliphatic heterocycles. The molecule has 0 radical (unpaired) electrons. The van der Waals surface area contributed by atoms with Gasteiger partial charge >= 0.3 is 0 Å². The molecule has 4 aromatic carbocycles. The van der Waals surface area contributed by atoms with Crippen LogP contribution in [-0.2, 0) is 34.2 Å². The molecule has 222 valence electrons. The van der Waals surface area contributed by atoms with Crippen LogP contribution in [0.2, 0.25) is 0 Å². The Labute approximate surface area is 260 Å². The van der Waals surface area contributed by atoms with E-state index in [0.29, 0.717) is 39.1 Å². The molecule has 4 aromatic rings. The third-order valence-electron chi connectivity index (χ3n) is 8.93. The van der Waals surface area contributed by atoms with Gasteiger partial charge in [0.25, 0.3) is 0 Å². The molecule has 0 bridgehead atoms. The van der Waals surface area contributed by atoms with E-state index in [1.54, 1.807) is 0 Å². The topological polar surface area (TPSA) is 40.2 Å². The number of benzene rings is 4. The van der Waals surface area contributed by atoms with Gasteiger partial charge in [0.1, 0.15) is 30.3 Å². The standard InChI is InChI=1S/C40H38O4/c1-4-11-27-20-30(18-19-38(27)44-33-23-41-24-33)40(36-16-9-7-14-34(36)35-15-8-10-17-37(35)40)31-21-28(12-5-2)39(29(22-31)13-6-3)43-26-32-25-42-32/h4-10,14-22,32-33H,1-3,11-13,23-26H2. The number of hydrogen-bond acceptors (Lipinski definition) is 4. The van der Waals surface area contributed by atoms with Gasteiger partial charge in [0.2, 0.25) is 0 Å². The van der Waals surface area contributed by atoms with Gasteiger partial charge in [-0.15, -0.1) is 19.7 Å². The summed E-state index contributed by atoms with van der Waals surface area (Å²) >= 11 is 0. The second-order valence-electron chi connectivity index (χ2n) is 11.8. The molecule has 0 aromatic heterocycles. The lowest BCUT2D eigenvalue weighted by atomic mass is 9.66. The van der Waals surface area contributed by atoms with Gasteiger partial charge in [-0.3, -0.25) is 0 Å². The van der Waals surface area contributed by atoms with Crippen molar-refractivity contribution in [2.75, 3.05) is 26.4 Å². The summed E-state index contributed by atoms with van der Waals surface area (Å²) in [5.74, 6) is 1.81. The van der Waals surface area contributed by atoms with Crippen molar-refractivity contribution in [1.29, 1.82) is 0 Å². The van der Waals surface area contributed by atoms with Crippen LogP contribution in [0.15, 0.2) is 117 Å². The van der Waals surface area contributed by atoms with Gasteiger partial charge in [-0.05, 0) is 75.4 Å². The van der Waals surface area contributed by atoms with Crippen molar-refractivity contribution in [3.05, 3.63) is 156 Å². The Morgan fingerprint density at radius 3 is 1.82 bits per heavy atom. The molecule has 0 amide bonds. The average molecular weight is 583 g/mol. The molecule has 4 heteroatoms. The van der Waals surface area contributed by atoms with E-state index in [0.717, 1.165) is 34.8 Å². The first-order chi connectivity index (χ1) is 21.7. The summed E-state index contributed by atoms with van der Waals surface area (Å²) in [6.07, 6.45) is 8.20. The molecule has 1 aliphatic carbocycles. The largest absolute Gasteiger partial charge is 0.490 e. The third kappa shape index (κ3) is 4.89. The summed E-state index contributed by atoms with van der Waals surface area (Å²) < 4.78 is 23.7.